The van der Waals surface area contributed by atoms with E-state index in [2.05, 4.69) is 5.32 Å². The molecular formula is C15H20N4O5S. The number of rotatable bonds is 4. The van der Waals surface area contributed by atoms with Gasteiger partial charge >= 0.3 is 0 Å². The number of amides is 1. The van der Waals surface area contributed by atoms with Crippen molar-refractivity contribution >= 4 is 21.6 Å². The molecule has 3 rings (SSSR count). The number of nitro groups is 1. The number of non-ortho nitro benzene ring substituents is 1. The average molecular weight is 368 g/mol. The molecule has 2 fully saturated rings. The van der Waals surface area contributed by atoms with Gasteiger partial charge in [-0.3, -0.25) is 14.9 Å². The Kier molecular flexibility index (Phi) is 5.02. The van der Waals surface area contributed by atoms with Gasteiger partial charge in [-0.15, -0.1) is 0 Å². The van der Waals surface area contributed by atoms with Crippen molar-refractivity contribution in [3.63, 3.8) is 0 Å². The molecule has 9 nitrogen and oxygen atoms in total. The molecule has 1 atom stereocenters. The van der Waals surface area contributed by atoms with Crippen molar-refractivity contribution < 1.29 is 18.1 Å². The molecule has 0 aliphatic carbocycles. The zero-order valence-corrected chi connectivity index (χ0v) is 14.4. The van der Waals surface area contributed by atoms with Gasteiger partial charge in [-0.05, 0) is 25.5 Å². The quantitative estimate of drug-likeness (QED) is 0.599. The van der Waals surface area contributed by atoms with Crippen molar-refractivity contribution in [2.75, 3.05) is 32.7 Å². The predicted molar refractivity (Wildman–Crippen MR) is 89.5 cm³/mol. The van der Waals surface area contributed by atoms with E-state index in [0.29, 0.717) is 13.1 Å². The van der Waals surface area contributed by atoms with Crippen molar-refractivity contribution in [2.45, 2.75) is 23.8 Å². The molecule has 0 spiro atoms. The lowest BCUT2D eigenvalue weighted by atomic mass is 10.2. The topological polar surface area (TPSA) is 113 Å². The first kappa shape index (κ1) is 17.8. The fourth-order valence-electron chi connectivity index (χ4n) is 3.17. The van der Waals surface area contributed by atoms with Crippen molar-refractivity contribution in [3.05, 3.63) is 34.4 Å². The number of sulfonamides is 1. The molecule has 25 heavy (non-hydrogen) atoms. The molecule has 0 radical (unpaired) electrons. The van der Waals surface area contributed by atoms with Crippen LogP contribution in [0.25, 0.3) is 0 Å². The van der Waals surface area contributed by atoms with Gasteiger partial charge in [-0.25, -0.2) is 8.42 Å². The number of piperazine rings is 1. The summed E-state index contributed by atoms with van der Waals surface area (Å²) in [5, 5.41) is 14.0. The summed E-state index contributed by atoms with van der Waals surface area (Å²) in [5.74, 6) is 0.0184. The van der Waals surface area contributed by atoms with Crippen molar-refractivity contribution in [1.29, 1.82) is 0 Å². The molecule has 1 amide bonds. The van der Waals surface area contributed by atoms with Crippen LogP contribution >= 0.6 is 0 Å². The molecular weight excluding hydrogens is 348 g/mol. The molecule has 1 unspecified atom stereocenters. The first-order valence-electron chi connectivity index (χ1n) is 8.16. The molecule has 2 saturated heterocycles. The van der Waals surface area contributed by atoms with Gasteiger partial charge in [0.2, 0.25) is 15.9 Å². The highest BCUT2D eigenvalue weighted by atomic mass is 32.2. The predicted octanol–water partition coefficient (Wildman–Crippen LogP) is 0.180. The largest absolute Gasteiger partial charge is 0.339 e. The van der Waals surface area contributed by atoms with Gasteiger partial charge in [0.05, 0.1) is 15.9 Å². The van der Waals surface area contributed by atoms with Crippen LogP contribution in [-0.2, 0) is 14.8 Å². The Balaban J connectivity index is 1.68. The number of hydrogen-bond acceptors (Lipinski definition) is 6. The highest BCUT2D eigenvalue weighted by molar-refractivity contribution is 7.89. The zero-order chi connectivity index (χ0) is 18.0. The van der Waals surface area contributed by atoms with Crippen molar-refractivity contribution in [2.24, 2.45) is 0 Å². The van der Waals surface area contributed by atoms with E-state index in [0.717, 1.165) is 25.5 Å². The maximum absolute atomic E-state index is 12.7. The van der Waals surface area contributed by atoms with Gasteiger partial charge < -0.3 is 10.2 Å². The SMILES string of the molecule is O=C(C1CCCN1)N1CCN(S(=O)(=O)c2cccc([N+](=O)[O-])c2)CC1. The monoisotopic (exact) mass is 368 g/mol. The Morgan fingerprint density at radius 1 is 1.24 bits per heavy atom. The molecule has 0 bridgehead atoms. The normalized spacial score (nSPS) is 22.1. The van der Waals surface area contributed by atoms with Gasteiger partial charge in [0.15, 0.2) is 0 Å². The van der Waals surface area contributed by atoms with Gasteiger partial charge in [-0.2, -0.15) is 4.31 Å². The Bertz CT molecular complexity index is 768. The van der Waals surface area contributed by atoms with E-state index in [9.17, 15) is 23.3 Å². The highest BCUT2D eigenvalue weighted by Gasteiger charge is 2.33. The van der Waals surface area contributed by atoms with Crippen LogP contribution in [0, 0.1) is 10.1 Å². The summed E-state index contributed by atoms with van der Waals surface area (Å²) in [6.45, 7) is 1.85. The highest BCUT2D eigenvalue weighted by Crippen LogP contribution is 2.22. The van der Waals surface area contributed by atoms with Crippen LogP contribution in [0.3, 0.4) is 0 Å². The summed E-state index contributed by atoms with van der Waals surface area (Å²) in [6, 6.07) is 4.86. The van der Waals surface area contributed by atoms with Gasteiger partial charge in [0, 0.05) is 38.3 Å². The van der Waals surface area contributed by atoms with E-state index in [4.69, 9.17) is 0 Å². The molecule has 10 heteroatoms. The lowest BCUT2D eigenvalue weighted by molar-refractivity contribution is -0.385. The Hall–Kier alpha value is -2.04. The van der Waals surface area contributed by atoms with Crippen molar-refractivity contribution in [1.82, 2.24) is 14.5 Å². The summed E-state index contributed by atoms with van der Waals surface area (Å²) in [7, 11) is -3.81. The molecule has 1 N–H and O–H groups in total. The zero-order valence-electron chi connectivity index (χ0n) is 13.6. The van der Waals surface area contributed by atoms with E-state index in [1.54, 1.807) is 4.90 Å². The fourth-order valence-corrected chi connectivity index (χ4v) is 4.63. The standard InChI is InChI=1S/C15H20N4O5S/c20-15(14-5-2-6-16-14)17-7-9-18(10-8-17)25(23,24)13-4-1-3-12(11-13)19(21)22/h1,3-4,11,14,16H,2,5-10H2. The second-order valence-corrected chi connectivity index (χ2v) is 8.07. The average Bonchev–Trinajstić information content (AvgIpc) is 3.16. The summed E-state index contributed by atoms with van der Waals surface area (Å²) in [6.07, 6.45) is 1.78. The summed E-state index contributed by atoms with van der Waals surface area (Å²) < 4.78 is 26.6. The minimum Gasteiger partial charge on any atom is -0.339 e. The maximum Gasteiger partial charge on any atom is 0.270 e. The van der Waals surface area contributed by atoms with Crippen LogP contribution in [0.15, 0.2) is 29.2 Å². The number of nitrogens with one attached hydrogen (secondary N) is 1. The third-order valence-corrected chi connectivity index (χ3v) is 6.47. The molecule has 0 saturated carbocycles. The van der Waals surface area contributed by atoms with Crippen LogP contribution in [0.4, 0.5) is 5.69 Å². The number of nitrogens with zero attached hydrogens (tertiary/aromatic N) is 3. The maximum atomic E-state index is 12.7. The molecule has 2 aliphatic rings. The van der Waals surface area contributed by atoms with Gasteiger partial charge in [0.1, 0.15) is 0 Å². The minimum absolute atomic E-state index is 0.0184. The van der Waals surface area contributed by atoms with Crippen LogP contribution in [0.1, 0.15) is 12.8 Å². The van der Waals surface area contributed by atoms with E-state index in [1.807, 2.05) is 0 Å². The number of benzene rings is 1. The molecule has 2 aliphatic heterocycles. The van der Waals surface area contributed by atoms with Gasteiger partial charge in [-0.1, -0.05) is 6.07 Å². The number of hydrogen-bond donors (Lipinski definition) is 1. The Labute approximate surface area is 145 Å². The van der Waals surface area contributed by atoms with Crippen molar-refractivity contribution in [3.8, 4) is 0 Å². The van der Waals surface area contributed by atoms with E-state index < -0.39 is 14.9 Å². The second kappa shape index (κ2) is 7.06. The lowest BCUT2D eigenvalue weighted by Gasteiger charge is -2.35. The fraction of sp³-hybridized carbons (Fsp3) is 0.533. The molecule has 1 aromatic carbocycles. The summed E-state index contributed by atoms with van der Waals surface area (Å²) in [4.78, 5) is 24.2. The van der Waals surface area contributed by atoms with E-state index in [-0.39, 0.29) is 35.6 Å². The minimum atomic E-state index is -3.81. The summed E-state index contributed by atoms with van der Waals surface area (Å²) >= 11 is 0. The molecule has 136 valence electrons. The third-order valence-electron chi connectivity index (χ3n) is 4.57. The number of carbonyl (C=O) groups is 1. The molecule has 0 aromatic heterocycles. The van der Waals surface area contributed by atoms with E-state index >= 15 is 0 Å². The Morgan fingerprint density at radius 3 is 2.56 bits per heavy atom. The Morgan fingerprint density at radius 2 is 1.96 bits per heavy atom. The number of carbonyl (C=O) groups excluding carboxylic acids is 1. The number of nitro benzene ring substituents is 1. The lowest BCUT2D eigenvalue weighted by Crippen LogP contribution is -2.54. The first-order chi connectivity index (χ1) is 11.9. The van der Waals surface area contributed by atoms with Crippen LogP contribution in [0.2, 0.25) is 0 Å². The smallest absolute Gasteiger partial charge is 0.270 e. The molecule has 1 aromatic rings. The first-order valence-corrected chi connectivity index (χ1v) is 9.60. The second-order valence-electron chi connectivity index (χ2n) is 6.13. The molecule has 2 heterocycles. The van der Waals surface area contributed by atoms with Crippen LogP contribution < -0.4 is 5.32 Å². The van der Waals surface area contributed by atoms with Crippen LogP contribution in [0.5, 0.6) is 0 Å². The summed E-state index contributed by atoms with van der Waals surface area (Å²) in [5.41, 5.74) is -0.262. The van der Waals surface area contributed by atoms with Crippen LogP contribution in [-0.4, -0.2) is 67.2 Å². The third kappa shape index (κ3) is 3.65. The van der Waals surface area contributed by atoms with E-state index in [1.165, 1.54) is 22.5 Å². The van der Waals surface area contributed by atoms with Gasteiger partial charge in [0.25, 0.3) is 5.69 Å².